The van der Waals surface area contributed by atoms with E-state index in [1.165, 1.54) is 12.1 Å². The second-order valence-electron chi connectivity index (χ2n) is 2.85. The van der Waals surface area contributed by atoms with Crippen LogP contribution in [0.1, 0.15) is 17.3 Å². The van der Waals surface area contributed by atoms with Crippen molar-refractivity contribution in [3.63, 3.8) is 0 Å². The number of rotatable bonds is 4. The predicted octanol–water partition coefficient (Wildman–Crippen LogP) is 2.05. The van der Waals surface area contributed by atoms with Crippen LogP contribution >= 0.6 is 0 Å². The smallest absolute Gasteiger partial charge is 0.387 e. The van der Waals surface area contributed by atoms with Crippen LogP contribution in [0.2, 0.25) is 0 Å². The Labute approximate surface area is 91.0 Å². The molecule has 0 atom stereocenters. The third-order valence-corrected chi connectivity index (χ3v) is 1.72. The van der Waals surface area contributed by atoms with Crippen molar-refractivity contribution >= 4 is 11.7 Å². The van der Waals surface area contributed by atoms with Crippen molar-refractivity contribution < 1.29 is 23.0 Å². The second-order valence-corrected chi connectivity index (χ2v) is 2.85. The van der Waals surface area contributed by atoms with Gasteiger partial charge in [0.15, 0.2) is 0 Å². The lowest BCUT2D eigenvalue weighted by molar-refractivity contribution is -0.0504. The molecule has 0 heterocycles. The van der Waals surface area contributed by atoms with E-state index in [1.54, 1.807) is 6.92 Å². The van der Waals surface area contributed by atoms with Crippen molar-refractivity contribution in [2.75, 3.05) is 12.3 Å². The summed E-state index contributed by atoms with van der Waals surface area (Å²) in [5.74, 6) is -1.01. The number of carbonyl (C=O) groups excluding carboxylic acids is 1. The van der Waals surface area contributed by atoms with Crippen molar-refractivity contribution in [2.45, 2.75) is 13.5 Å². The van der Waals surface area contributed by atoms with Crippen LogP contribution < -0.4 is 10.5 Å². The number of benzene rings is 1. The molecule has 0 radical (unpaired) electrons. The van der Waals surface area contributed by atoms with Crippen LogP contribution in [-0.2, 0) is 4.74 Å². The Morgan fingerprint density at radius 2 is 2.19 bits per heavy atom. The van der Waals surface area contributed by atoms with Gasteiger partial charge in [0.1, 0.15) is 11.3 Å². The van der Waals surface area contributed by atoms with E-state index in [4.69, 9.17) is 5.73 Å². The maximum Gasteiger partial charge on any atom is 0.387 e. The summed E-state index contributed by atoms with van der Waals surface area (Å²) in [6.07, 6.45) is 0. The van der Waals surface area contributed by atoms with E-state index >= 15 is 0 Å². The zero-order valence-corrected chi connectivity index (χ0v) is 8.57. The summed E-state index contributed by atoms with van der Waals surface area (Å²) in [5, 5.41) is 0. The zero-order valence-electron chi connectivity index (χ0n) is 8.57. The van der Waals surface area contributed by atoms with Gasteiger partial charge in [-0.15, -0.1) is 0 Å². The lowest BCUT2D eigenvalue weighted by Crippen LogP contribution is -2.10. The molecule has 0 bridgehead atoms. The van der Waals surface area contributed by atoms with Crippen molar-refractivity contribution in [1.29, 1.82) is 0 Å². The van der Waals surface area contributed by atoms with Gasteiger partial charge in [-0.1, -0.05) is 0 Å². The molecule has 4 nitrogen and oxygen atoms in total. The SMILES string of the molecule is CCOC(=O)c1ccc(N)cc1OC(F)F. The summed E-state index contributed by atoms with van der Waals surface area (Å²) in [6.45, 7) is -1.25. The minimum Gasteiger partial charge on any atom is -0.462 e. The third-order valence-electron chi connectivity index (χ3n) is 1.72. The number of anilines is 1. The monoisotopic (exact) mass is 231 g/mol. The molecule has 1 rings (SSSR count). The van der Waals surface area contributed by atoms with Crippen LogP contribution in [0.5, 0.6) is 5.75 Å². The molecule has 16 heavy (non-hydrogen) atoms. The maximum absolute atomic E-state index is 12.1. The zero-order chi connectivity index (χ0) is 12.1. The number of ether oxygens (including phenoxy) is 2. The molecule has 0 fully saturated rings. The maximum atomic E-state index is 12.1. The molecule has 0 aliphatic heterocycles. The predicted molar refractivity (Wildman–Crippen MR) is 53.4 cm³/mol. The topological polar surface area (TPSA) is 61.5 Å². The van der Waals surface area contributed by atoms with Gasteiger partial charge in [0, 0.05) is 11.8 Å². The van der Waals surface area contributed by atoms with Crippen molar-refractivity contribution in [3.05, 3.63) is 23.8 Å². The van der Waals surface area contributed by atoms with E-state index in [-0.39, 0.29) is 23.6 Å². The highest BCUT2D eigenvalue weighted by atomic mass is 19.3. The fourth-order valence-corrected chi connectivity index (χ4v) is 1.11. The molecular formula is C10H11F2NO3. The van der Waals surface area contributed by atoms with Gasteiger partial charge in [0.05, 0.1) is 6.61 Å². The summed E-state index contributed by atoms with van der Waals surface area (Å²) in [7, 11) is 0. The second kappa shape index (κ2) is 5.29. The average molecular weight is 231 g/mol. The Hall–Kier alpha value is -1.85. The fraction of sp³-hybridized carbons (Fsp3) is 0.300. The number of esters is 1. The molecule has 0 spiro atoms. The van der Waals surface area contributed by atoms with Crippen molar-refractivity contribution in [2.24, 2.45) is 0 Å². The summed E-state index contributed by atoms with van der Waals surface area (Å²) in [4.78, 5) is 11.4. The van der Waals surface area contributed by atoms with E-state index < -0.39 is 12.6 Å². The van der Waals surface area contributed by atoms with E-state index in [2.05, 4.69) is 9.47 Å². The summed E-state index contributed by atoms with van der Waals surface area (Å²) in [6, 6.07) is 3.84. The van der Waals surface area contributed by atoms with E-state index in [9.17, 15) is 13.6 Å². The van der Waals surface area contributed by atoms with Crippen LogP contribution in [0.3, 0.4) is 0 Å². The van der Waals surface area contributed by atoms with Crippen LogP contribution in [0, 0.1) is 0 Å². The largest absolute Gasteiger partial charge is 0.462 e. The highest BCUT2D eigenvalue weighted by Crippen LogP contribution is 2.24. The van der Waals surface area contributed by atoms with Gasteiger partial charge in [-0.3, -0.25) is 0 Å². The standard InChI is InChI=1S/C10H11F2NO3/c1-2-15-9(14)7-4-3-6(13)5-8(7)16-10(11)12/h3-5,10H,2,13H2,1H3. The molecule has 0 amide bonds. The van der Waals surface area contributed by atoms with E-state index in [0.29, 0.717) is 0 Å². The van der Waals surface area contributed by atoms with Crippen LogP contribution in [0.4, 0.5) is 14.5 Å². The number of hydrogen-bond donors (Lipinski definition) is 1. The molecule has 6 heteroatoms. The highest BCUT2D eigenvalue weighted by molar-refractivity contribution is 5.93. The first-order valence-corrected chi connectivity index (χ1v) is 4.56. The first-order valence-electron chi connectivity index (χ1n) is 4.56. The third kappa shape index (κ3) is 3.08. The van der Waals surface area contributed by atoms with Crippen molar-refractivity contribution in [3.8, 4) is 5.75 Å². The van der Waals surface area contributed by atoms with E-state index in [0.717, 1.165) is 6.07 Å². The number of carbonyl (C=O) groups is 1. The molecule has 0 aliphatic carbocycles. The Bertz CT molecular complexity index is 382. The molecule has 0 saturated heterocycles. The van der Waals surface area contributed by atoms with Gasteiger partial charge in [0.25, 0.3) is 0 Å². The van der Waals surface area contributed by atoms with Gasteiger partial charge in [0.2, 0.25) is 0 Å². The number of nitrogens with two attached hydrogens (primary N) is 1. The molecule has 1 aromatic carbocycles. The normalized spacial score (nSPS) is 10.2. The Morgan fingerprint density at radius 1 is 1.50 bits per heavy atom. The van der Waals surface area contributed by atoms with Gasteiger partial charge in [-0.25, -0.2) is 4.79 Å². The summed E-state index contributed by atoms with van der Waals surface area (Å²) in [5.41, 5.74) is 5.55. The van der Waals surface area contributed by atoms with Gasteiger partial charge in [-0.05, 0) is 19.1 Å². The van der Waals surface area contributed by atoms with Crippen molar-refractivity contribution in [1.82, 2.24) is 0 Å². The van der Waals surface area contributed by atoms with Gasteiger partial charge in [-0.2, -0.15) is 8.78 Å². The highest BCUT2D eigenvalue weighted by Gasteiger charge is 2.16. The minimum atomic E-state index is -3.02. The minimum absolute atomic E-state index is 0.0728. The summed E-state index contributed by atoms with van der Waals surface area (Å²) < 4.78 is 33.0. The lowest BCUT2D eigenvalue weighted by Gasteiger charge is -2.10. The van der Waals surface area contributed by atoms with Crippen LogP contribution in [0.15, 0.2) is 18.2 Å². The number of halogens is 2. The van der Waals surface area contributed by atoms with Gasteiger partial charge >= 0.3 is 12.6 Å². The van der Waals surface area contributed by atoms with Crippen LogP contribution in [-0.4, -0.2) is 19.2 Å². The van der Waals surface area contributed by atoms with Gasteiger partial charge < -0.3 is 15.2 Å². The molecule has 0 aliphatic rings. The first kappa shape index (κ1) is 12.2. The molecule has 0 saturated carbocycles. The fourth-order valence-electron chi connectivity index (χ4n) is 1.11. The molecule has 0 unspecified atom stereocenters. The Morgan fingerprint density at radius 3 is 2.75 bits per heavy atom. The molecule has 88 valence electrons. The molecule has 0 aromatic heterocycles. The number of nitrogen functional groups attached to an aromatic ring is 1. The lowest BCUT2D eigenvalue weighted by atomic mass is 10.2. The first-order chi connectivity index (χ1) is 7.54. The Kier molecular flexibility index (Phi) is 4.04. The molecule has 2 N–H and O–H groups in total. The molecule has 1 aromatic rings. The average Bonchev–Trinajstić information content (AvgIpc) is 2.16. The number of hydrogen-bond acceptors (Lipinski definition) is 4. The van der Waals surface area contributed by atoms with E-state index in [1.807, 2.05) is 0 Å². The molecular weight excluding hydrogens is 220 g/mol. The Balaban J connectivity index is 3.02. The summed E-state index contributed by atoms with van der Waals surface area (Å²) >= 11 is 0. The number of alkyl halides is 2. The van der Waals surface area contributed by atoms with Crippen LogP contribution in [0.25, 0.3) is 0 Å². The quantitative estimate of drug-likeness (QED) is 0.636.